The summed E-state index contributed by atoms with van der Waals surface area (Å²) in [6.45, 7) is 5.76. The van der Waals surface area contributed by atoms with Gasteiger partial charge in [-0.15, -0.1) is 0 Å². The second-order valence-corrected chi connectivity index (χ2v) is 4.49. The fourth-order valence-electron chi connectivity index (χ4n) is 1.90. The van der Waals surface area contributed by atoms with Gasteiger partial charge in [0.05, 0.1) is 5.56 Å². The molecule has 0 aliphatic carbocycles. The van der Waals surface area contributed by atoms with Crippen LogP contribution in [0.15, 0.2) is 12.4 Å². The van der Waals surface area contributed by atoms with Crippen LogP contribution in [0.4, 0.5) is 0 Å². The second-order valence-electron chi connectivity index (χ2n) is 4.49. The van der Waals surface area contributed by atoms with Crippen LogP contribution in [0.3, 0.4) is 0 Å². The first kappa shape index (κ1) is 11.0. The van der Waals surface area contributed by atoms with Crippen molar-refractivity contribution in [1.82, 2.24) is 14.9 Å². The van der Waals surface area contributed by atoms with Crippen molar-refractivity contribution in [2.24, 2.45) is 5.92 Å². The van der Waals surface area contributed by atoms with Gasteiger partial charge in [-0.2, -0.15) is 0 Å². The molecule has 1 fully saturated rings. The van der Waals surface area contributed by atoms with Crippen LogP contribution in [0.1, 0.15) is 35.9 Å². The van der Waals surface area contributed by atoms with Crippen LogP contribution in [0.5, 0.6) is 0 Å². The molecule has 16 heavy (non-hydrogen) atoms. The van der Waals surface area contributed by atoms with E-state index < -0.39 is 0 Å². The van der Waals surface area contributed by atoms with Crippen LogP contribution in [-0.2, 0) is 0 Å². The van der Waals surface area contributed by atoms with Crippen molar-refractivity contribution >= 4 is 5.91 Å². The van der Waals surface area contributed by atoms with Gasteiger partial charge in [0.2, 0.25) is 0 Å². The summed E-state index contributed by atoms with van der Waals surface area (Å²) in [4.78, 5) is 22.1. The average molecular weight is 219 g/mol. The largest absolute Gasteiger partial charge is 0.339 e. The normalized spacial score (nSPS) is 17.5. The molecule has 86 valence electrons. The molecule has 4 heteroatoms. The number of amides is 1. The number of carbonyl (C=O) groups excluding carboxylic acids is 1. The number of rotatable bonds is 1. The Kier molecular flexibility index (Phi) is 3.17. The van der Waals surface area contributed by atoms with Crippen molar-refractivity contribution < 1.29 is 4.79 Å². The lowest BCUT2D eigenvalue weighted by Gasteiger charge is -2.30. The maximum Gasteiger partial charge on any atom is 0.256 e. The fourth-order valence-corrected chi connectivity index (χ4v) is 1.90. The molecular formula is C12H17N3O. The van der Waals surface area contributed by atoms with Gasteiger partial charge in [-0.25, -0.2) is 9.97 Å². The van der Waals surface area contributed by atoms with E-state index in [-0.39, 0.29) is 5.91 Å². The molecule has 0 unspecified atom stereocenters. The summed E-state index contributed by atoms with van der Waals surface area (Å²) < 4.78 is 0. The Morgan fingerprint density at radius 1 is 1.31 bits per heavy atom. The summed E-state index contributed by atoms with van der Waals surface area (Å²) in [5.41, 5.74) is 0.597. The van der Waals surface area contributed by atoms with Gasteiger partial charge in [-0.3, -0.25) is 4.79 Å². The second kappa shape index (κ2) is 4.60. The number of aromatic nitrogens is 2. The maximum atomic E-state index is 12.1. The van der Waals surface area contributed by atoms with Crippen molar-refractivity contribution in [2.75, 3.05) is 13.1 Å². The molecule has 0 saturated carbocycles. The summed E-state index contributed by atoms with van der Waals surface area (Å²) in [6.07, 6.45) is 5.42. The lowest BCUT2D eigenvalue weighted by atomic mass is 9.99. The van der Waals surface area contributed by atoms with Crippen LogP contribution in [0.2, 0.25) is 0 Å². The molecule has 1 saturated heterocycles. The highest BCUT2D eigenvalue weighted by molar-refractivity contribution is 5.93. The molecule has 0 aromatic carbocycles. The third kappa shape index (κ3) is 2.38. The van der Waals surface area contributed by atoms with Crippen LogP contribution in [0.25, 0.3) is 0 Å². The van der Waals surface area contributed by atoms with Gasteiger partial charge in [-0.05, 0) is 25.7 Å². The van der Waals surface area contributed by atoms with Crippen LogP contribution >= 0.6 is 0 Å². The Labute approximate surface area is 95.7 Å². The zero-order chi connectivity index (χ0) is 11.5. The Hall–Kier alpha value is -1.45. The first-order valence-electron chi connectivity index (χ1n) is 5.74. The van der Waals surface area contributed by atoms with E-state index in [4.69, 9.17) is 0 Å². The molecule has 1 aromatic heterocycles. The molecule has 1 aromatic rings. The van der Waals surface area contributed by atoms with Crippen LogP contribution in [-0.4, -0.2) is 33.9 Å². The van der Waals surface area contributed by atoms with Crippen LogP contribution in [0, 0.1) is 12.8 Å². The Balaban J connectivity index is 2.05. The summed E-state index contributed by atoms with van der Waals surface area (Å²) in [7, 11) is 0. The summed E-state index contributed by atoms with van der Waals surface area (Å²) in [5, 5.41) is 0. The number of nitrogens with zero attached hydrogens (tertiary/aromatic N) is 3. The predicted octanol–water partition coefficient (Wildman–Crippen LogP) is 1.66. The zero-order valence-electron chi connectivity index (χ0n) is 9.81. The molecule has 1 amide bonds. The summed E-state index contributed by atoms with van der Waals surface area (Å²) >= 11 is 0. The Bertz CT molecular complexity index is 366. The minimum Gasteiger partial charge on any atom is -0.339 e. The van der Waals surface area contributed by atoms with E-state index in [0.29, 0.717) is 11.4 Å². The minimum absolute atomic E-state index is 0.0619. The molecule has 2 heterocycles. The molecule has 0 bridgehead atoms. The molecule has 1 aliphatic heterocycles. The molecular weight excluding hydrogens is 202 g/mol. The average Bonchev–Trinajstić information content (AvgIpc) is 2.30. The summed E-state index contributed by atoms with van der Waals surface area (Å²) in [6, 6.07) is 0. The highest BCUT2D eigenvalue weighted by Gasteiger charge is 2.21. The van der Waals surface area contributed by atoms with Gasteiger partial charge in [0.25, 0.3) is 5.91 Å². The molecule has 0 atom stereocenters. The molecule has 0 spiro atoms. The number of aryl methyl sites for hydroxylation is 1. The topological polar surface area (TPSA) is 46.1 Å². The fraction of sp³-hybridized carbons (Fsp3) is 0.583. The third-order valence-corrected chi connectivity index (χ3v) is 3.10. The molecule has 1 aliphatic rings. The third-order valence-electron chi connectivity index (χ3n) is 3.10. The predicted molar refractivity (Wildman–Crippen MR) is 61.1 cm³/mol. The van der Waals surface area contributed by atoms with E-state index in [1.807, 2.05) is 11.8 Å². The number of hydrogen-bond acceptors (Lipinski definition) is 3. The van der Waals surface area contributed by atoms with Gasteiger partial charge in [0.1, 0.15) is 5.82 Å². The lowest BCUT2D eigenvalue weighted by molar-refractivity contribution is 0.0696. The SMILES string of the molecule is Cc1ncc(C(=O)N2CCC(C)CC2)cn1. The molecule has 2 rings (SSSR count). The van der Waals surface area contributed by atoms with E-state index in [1.165, 1.54) is 0 Å². The zero-order valence-corrected chi connectivity index (χ0v) is 9.81. The van der Waals surface area contributed by atoms with Gasteiger partial charge in [-0.1, -0.05) is 6.92 Å². The van der Waals surface area contributed by atoms with E-state index in [0.717, 1.165) is 31.8 Å². The maximum absolute atomic E-state index is 12.1. The minimum atomic E-state index is 0.0619. The highest BCUT2D eigenvalue weighted by Crippen LogP contribution is 2.17. The number of carbonyl (C=O) groups is 1. The van der Waals surface area contributed by atoms with Crippen LogP contribution < -0.4 is 0 Å². The highest BCUT2D eigenvalue weighted by atomic mass is 16.2. The Morgan fingerprint density at radius 3 is 2.44 bits per heavy atom. The standard InChI is InChI=1S/C12H17N3O/c1-9-3-5-15(6-4-9)12(16)11-7-13-10(2)14-8-11/h7-9H,3-6H2,1-2H3. The van der Waals surface area contributed by atoms with E-state index in [9.17, 15) is 4.79 Å². The van der Waals surface area contributed by atoms with Gasteiger partial charge in [0.15, 0.2) is 0 Å². The van der Waals surface area contributed by atoms with E-state index in [2.05, 4.69) is 16.9 Å². The van der Waals surface area contributed by atoms with Gasteiger partial charge >= 0.3 is 0 Å². The smallest absolute Gasteiger partial charge is 0.256 e. The van der Waals surface area contributed by atoms with Gasteiger partial charge in [0, 0.05) is 25.5 Å². The first-order chi connectivity index (χ1) is 7.66. The quantitative estimate of drug-likeness (QED) is 0.721. The van der Waals surface area contributed by atoms with Crippen molar-refractivity contribution in [3.05, 3.63) is 23.8 Å². The van der Waals surface area contributed by atoms with Crippen molar-refractivity contribution in [2.45, 2.75) is 26.7 Å². The molecule has 0 radical (unpaired) electrons. The van der Waals surface area contributed by atoms with Crippen molar-refractivity contribution in [1.29, 1.82) is 0 Å². The monoisotopic (exact) mass is 219 g/mol. The van der Waals surface area contributed by atoms with Crippen molar-refractivity contribution in [3.63, 3.8) is 0 Å². The van der Waals surface area contributed by atoms with Gasteiger partial charge < -0.3 is 4.90 Å². The number of likely N-dealkylation sites (tertiary alicyclic amines) is 1. The Morgan fingerprint density at radius 2 is 1.88 bits per heavy atom. The molecule has 0 N–H and O–H groups in total. The van der Waals surface area contributed by atoms with E-state index >= 15 is 0 Å². The molecule has 4 nitrogen and oxygen atoms in total. The number of hydrogen-bond donors (Lipinski definition) is 0. The van der Waals surface area contributed by atoms with E-state index in [1.54, 1.807) is 12.4 Å². The van der Waals surface area contributed by atoms with Crippen molar-refractivity contribution in [3.8, 4) is 0 Å². The first-order valence-corrected chi connectivity index (χ1v) is 5.74. The lowest BCUT2D eigenvalue weighted by Crippen LogP contribution is -2.38. The number of piperidine rings is 1. The summed E-state index contributed by atoms with van der Waals surface area (Å²) in [5.74, 6) is 1.49.